The first-order valence-electron chi connectivity index (χ1n) is 12.9. The first kappa shape index (κ1) is 29.5. The Morgan fingerprint density at radius 2 is 1.80 bits per heavy atom. The summed E-state index contributed by atoms with van der Waals surface area (Å²) in [5, 5.41) is 3.79. The van der Waals surface area contributed by atoms with Crippen molar-refractivity contribution in [2.45, 2.75) is 20.1 Å². The van der Waals surface area contributed by atoms with E-state index in [1.54, 1.807) is 24.3 Å². The largest absolute Gasteiger partial charge is 0.487 e. The molecule has 0 saturated carbocycles. The molecule has 1 N–H and O–H groups in total. The highest BCUT2D eigenvalue weighted by Gasteiger charge is 2.11. The van der Waals surface area contributed by atoms with Crippen molar-refractivity contribution in [3.8, 4) is 5.75 Å². The third kappa shape index (κ3) is 8.02. The molecule has 0 aliphatic carbocycles. The van der Waals surface area contributed by atoms with E-state index in [2.05, 4.69) is 50.5 Å². The van der Waals surface area contributed by atoms with Crippen LogP contribution in [-0.2, 0) is 17.9 Å². The molecule has 0 radical (unpaired) electrons. The molecule has 40 heavy (non-hydrogen) atoms. The van der Waals surface area contributed by atoms with Crippen LogP contribution in [0.1, 0.15) is 27.9 Å². The first-order valence-corrected chi connectivity index (χ1v) is 13.2. The second kappa shape index (κ2) is 14.2. The van der Waals surface area contributed by atoms with Crippen LogP contribution in [0.3, 0.4) is 0 Å². The average Bonchev–Trinajstić information content (AvgIpc) is 2.94. The molecular weight excluding hydrogens is 550 g/mol. The average molecular weight is 582 g/mol. The maximum atomic E-state index is 13.4. The van der Waals surface area contributed by atoms with Gasteiger partial charge in [0.25, 0.3) is 0 Å². The Hall–Kier alpha value is -3.49. The van der Waals surface area contributed by atoms with Crippen LogP contribution in [0.4, 0.5) is 15.9 Å². The maximum absolute atomic E-state index is 13.4. The SMILES string of the molecule is Cc1ncnc(Nc2ccc(OCc3cccc(F)c3)c(Cl)c2)c1/C=C/c1ccc(CN2CCOCC2)cc1.Cl. The van der Waals surface area contributed by atoms with Gasteiger partial charge in [0.1, 0.15) is 30.3 Å². The predicted molar refractivity (Wildman–Crippen MR) is 161 cm³/mol. The van der Waals surface area contributed by atoms with Crippen molar-refractivity contribution in [3.63, 3.8) is 0 Å². The monoisotopic (exact) mass is 580 g/mol. The fourth-order valence-electron chi connectivity index (χ4n) is 4.33. The molecule has 0 amide bonds. The van der Waals surface area contributed by atoms with Gasteiger partial charge in [0.15, 0.2) is 0 Å². The number of ether oxygens (including phenoxy) is 2. The normalized spacial score (nSPS) is 13.7. The summed E-state index contributed by atoms with van der Waals surface area (Å²) in [6, 6.07) is 20.3. The van der Waals surface area contributed by atoms with Crippen molar-refractivity contribution in [2.24, 2.45) is 0 Å². The molecule has 0 unspecified atom stereocenters. The summed E-state index contributed by atoms with van der Waals surface area (Å²) in [4.78, 5) is 11.2. The Balaban J connectivity index is 0.00000370. The summed E-state index contributed by atoms with van der Waals surface area (Å²) in [5.74, 6) is 0.891. The number of benzene rings is 3. The molecule has 208 valence electrons. The van der Waals surface area contributed by atoms with Gasteiger partial charge in [-0.15, -0.1) is 12.4 Å². The zero-order valence-corrected chi connectivity index (χ0v) is 23.7. The Bertz CT molecular complexity index is 1440. The number of aryl methyl sites for hydroxylation is 1. The summed E-state index contributed by atoms with van der Waals surface area (Å²) in [5.41, 5.74) is 5.62. The molecule has 4 aromatic rings. The van der Waals surface area contributed by atoms with Crippen LogP contribution < -0.4 is 10.1 Å². The minimum Gasteiger partial charge on any atom is -0.487 e. The summed E-state index contributed by atoms with van der Waals surface area (Å²) in [6.45, 7) is 6.66. The second-order valence-electron chi connectivity index (χ2n) is 9.37. The van der Waals surface area contributed by atoms with E-state index in [9.17, 15) is 4.39 Å². The van der Waals surface area contributed by atoms with Crippen LogP contribution in [0.5, 0.6) is 5.75 Å². The lowest BCUT2D eigenvalue weighted by molar-refractivity contribution is 0.0342. The number of halogens is 3. The van der Waals surface area contributed by atoms with Crippen molar-refractivity contribution >= 4 is 47.7 Å². The smallest absolute Gasteiger partial charge is 0.141 e. The van der Waals surface area contributed by atoms with Crippen LogP contribution in [-0.4, -0.2) is 41.2 Å². The highest BCUT2D eigenvalue weighted by molar-refractivity contribution is 6.32. The molecule has 1 aliphatic rings. The molecular formula is C31H31Cl2FN4O2. The minimum absolute atomic E-state index is 0. The predicted octanol–water partition coefficient (Wildman–Crippen LogP) is 7.32. The highest BCUT2D eigenvalue weighted by Crippen LogP contribution is 2.31. The summed E-state index contributed by atoms with van der Waals surface area (Å²) in [7, 11) is 0. The topological polar surface area (TPSA) is 59.5 Å². The van der Waals surface area contributed by atoms with E-state index in [1.165, 1.54) is 24.0 Å². The fourth-order valence-corrected chi connectivity index (χ4v) is 4.57. The Kier molecular flexibility index (Phi) is 10.5. The lowest BCUT2D eigenvalue weighted by atomic mass is 10.1. The molecule has 1 aromatic heterocycles. The van der Waals surface area contributed by atoms with E-state index < -0.39 is 0 Å². The molecule has 1 aliphatic heterocycles. The number of hydrogen-bond acceptors (Lipinski definition) is 6. The van der Waals surface area contributed by atoms with Crippen LogP contribution in [0, 0.1) is 12.7 Å². The quantitative estimate of drug-likeness (QED) is 0.224. The molecule has 1 saturated heterocycles. The number of morpholine rings is 1. The Labute approximate surface area is 245 Å². The van der Waals surface area contributed by atoms with E-state index in [0.717, 1.165) is 60.9 Å². The number of aromatic nitrogens is 2. The number of anilines is 2. The maximum Gasteiger partial charge on any atom is 0.141 e. The van der Waals surface area contributed by atoms with Gasteiger partial charge in [0.2, 0.25) is 0 Å². The Morgan fingerprint density at radius 1 is 1.00 bits per heavy atom. The van der Waals surface area contributed by atoms with Gasteiger partial charge in [0, 0.05) is 30.9 Å². The third-order valence-electron chi connectivity index (χ3n) is 6.49. The van der Waals surface area contributed by atoms with Gasteiger partial charge in [-0.3, -0.25) is 4.90 Å². The molecule has 9 heteroatoms. The van der Waals surface area contributed by atoms with Gasteiger partial charge >= 0.3 is 0 Å². The third-order valence-corrected chi connectivity index (χ3v) is 6.79. The van der Waals surface area contributed by atoms with E-state index in [1.807, 2.05) is 19.1 Å². The first-order chi connectivity index (χ1) is 19.0. The fraction of sp³-hybridized carbons (Fsp3) is 0.226. The van der Waals surface area contributed by atoms with E-state index in [-0.39, 0.29) is 24.8 Å². The van der Waals surface area contributed by atoms with Crippen LogP contribution in [0.2, 0.25) is 5.02 Å². The van der Waals surface area contributed by atoms with Crippen molar-refractivity contribution < 1.29 is 13.9 Å². The van der Waals surface area contributed by atoms with Gasteiger partial charge in [-0.1, -0.05) is 54.1 Å². The molecule has 0 spiro atoms. The molecule has 3 aromatic carbocycles. The van der Waals surface area contributed by atoms with Crippen molar-refractivity contribution in [2.75, 3.05) is 31.6 Å². The zero-order valence-electron chi connectivity index (χ0n) is 22.1. The standard InChI is InChI=1S/C31H30ClFN4O2.ClH/c1-22-28(11-9-23-5-7-24(8-6-23)19-37-13-15-38-16-14-37)31(35-21-34-22)36-27-10-12-30(29(32)18-27)39-20-25-3-2-4-26(33)17-25;/h2-12,17-18,21H,13-16,19-20H2,1H3,(H,34,35,36);1H/b11-9+;. The molecule has 0 atom stereocenters. The second-order valence-corrected chi connectivity index (χ2v) is 9.78. The zero-order chi connectivity index (χ0) is 27.0. The molecule has 1 fully saturated rings. The molecule has 5 rings (SSSR count). The molecule has 2 heterocycles. The van der Waals surface area contributed by atoms with Crippen LogP contribution in [0.15, 0.2) is 73.1 Å². The summed E-state index contributed by atoms with van der Waals surface area (Å²) in [6.07, 6.45) is 5.62. The number of nitrogens with zero attached hydrogens (tertiary/aromatic N) is 3. The van der Waals surface area contributed by atoms with Crippen molar-refractivity contribution in [1.82, 2.24) is 14.9 Å². The van der Waals surface area contributed by atoms with Gasteiger partial charge < -0.3 is 14.8 Å². The number of rotatable bonds is 9. The van der Waals surface area contributed by atoms with Gasteiger partial charge in [-0.2, -0.15) is 0 Å². The molecule has 0 bridgehead atoms. The van der Waals surface area contributed by atoms with E-state index in [0.29, 0.717) is 16.6 Å². The Morgan fingerprint density at radius 3 is 2.55 bits per heavy atom. The lowest BCUT2D eigenvalue weighted by Gasteiger charge is -2.26. The van der Waals surface area contributed by atoms with Gasteiger partial charge in [0.05, 0.1) is 23.9 Å². The summed E-state index contributed by atoms with van der Waals surface area (Å²) < 4.78 is 24.7. The highest BCUT2D eigenvalue weighted by atomic mass is 35.5. The van der Waals surface area contributed by atoms with Gasteiger partial charge in [-0.25, -0.2) is 14.4 Å². The van der Waals surface area contributed by atoms with Crippen LogP contribution >= 0.6 is 24.0 Å². The van der Waals surface area contributed by atoms with Gasteiger partial charge in [-0.05, 0) is 60.0 Å². The number of nitrogens with one attached hydrogen (secondary N) is 1. The van der Waals surface area contributed by atoms with Crippen molar-refractivity contribution in [1.29, 1.82) is 0 Å². The minimum atomic E-state index is -0.299. The molecule has 6 nitrogen and oxygen atoms in total. The van der Waals surface area contributed by atoms with E-state index in [4.69, 9.17) is 21.1 Å². The lowest BCUT2D eigenvalue weighted by Crippen LogP contribution is -2.35. The van der Waals surface area contributed by atoms with E-state index >= 15 is 0 Å². The summed E-state index contributed by atoms with van der Waals surface area (Å²) >= 11 is 6.48. The van der Waals surface area contributed by atoms with Crippen molar-refractivity contribution in [3.05, 3.63) is 112 Å². The van der Waals surface area contributed by atoms with Crippen LogP contribution in [0.25, 0.3) is 12.2 Å². The number of hydrogen-bond donors (Lipinski definition) is 1.